The maximum Gasteiger partial charge on any atom is 0.0720 e. The highest BCUT2D eigenvalue weighted by Gasteiger charge is 2.43. The van der Waals surface area contributed by atoms with E-state index in [9.17, 15) is 0 Å². The van der Waals surface area contributed by atoms with Crippen LogP contribution in [0.1, 0.15) is 89.7 Å². The fourth-order valence-electron chi connectivity index (χ4n) is 5.83. The zero-order valence-electron chi connectivity index (χ0n) is 21.8. The van der Waals surface area contributed by atoms with Crippen LogP contribution in [0.25, 0.3) is 0 Å². The second-order valence-corrected chi connectivity index (χ2v) is 10.7. The van der Waals surface area contributed by atoms with Crippen molar-refractivity contribution < 1.29 is 9.47 Å². The molecule has 0 bridgehead atoms. The minimum Gasteiger partial charge on any atom is -0.374 e. The van der Waals surface area contributed by atoms with E-state index in [1.807, 2.05) is 6.07 Å². The summed E-state index contributed by atoms with van der Waals surface area (Å²) in [7, 11) is 0. The number of nitrogens with two attached hydrogens (primary N) is 1. The summed E-state index contributed by atoms with van der Waals surface area (Å²) in [6.45, 7) is 9.16. The summed E-state index contributed by atoms with van der Waals surface area (Å²) in [6, 6.07) is 20.8. The number of rotatable bonds is 12. The lowest BCUT2D eigenvalue weighted by Crippen LogP contribution is -2.47. The van der Waals surface area contributed by atoms with Crippen molar-refractivity contribution in [1.82, 2.24) is 0 Å². The van der Waals surface area contributed by atoms with Crippen LogP contribution in [0, 0.1) is 10.8 Å². The minimum absolute atomic E-state index is 0.385. The Balaban J connectivity index is 0.000000191. The van der Waals surface area contributed by atoms with Crippen molar-refractivity contribution >= 4 is 0 Å². The molecule has 0 saturated heterocycles. The molecule has 2 saturated carbocycles. The van der Waals surface area contributed by atoms with Gasteiger partial charge in [0.05, 0.1) is 25.4 Å². The van der Waals surface area contributed by atoms with Crippen LogP contribution in [0.15, 0.2) is 60.7 Å². The smallest absolute Gasteiger partial charge is 0.0720 e. The van der Waals surface area contributed by atoms with Gasteiger partial charge in [-0.1, -0.05) is 101 Å². The highest BCUT2D eigenvalue weighted by molar-refractivity contribution is 5.14. The molecule has 2 aliphatic carbocycles. The van der Waals surface area contributed by atoms with Crippen LogP contribution in [0.4, 0.5) is 0 Å². The van der Waals surface area contributed by atoms with Gasteiger partial charge in [0.15, 0.2) is 0 Å². The molecule has 2 aromatic carbocycles. The molecule has 0 unspecified atom stereocenters. The molecule has 0 heterocycles. The van der Waals surface area contributed by atoms with Crippen LogP contribution in [0.2, 0.25) is 0 Å². The van der Waals surface area contributed by atoms with Gasteiger partial charge in [-0.15, -0.1) is 0 Å². The van der Waals surface area contributed by atoms with Crippen molar-refractivity contribution in [2.24, 2.45) is 16.6 Å². The maximum absolute atomic E-state index is 5.97. The molecule has 4 rings (SSSR count). The molecular weight excluding hydrogens is 418 g/mol. The lowest BCUT2D eigenvalue weighted by atomic mass is 9.63. The van der Waals surface area contributed by atoms with E-state index in [1.54, 1.807) is 0 Å². The molecule has 0 atom stereocenters. The van der Waals surface area contributed by atoms with Crippen LogP contribution in [0.3, 0.4) is 0 Å². The third kappa shape index (κ3) is 7.66. The molecule has 2 aromatic rings. The normalized spacial score (nSPS) is 27.8. The second-order valence-electron chi connectivity index (χ2n) is 10.7. The monoisotopic (exact) mass is 465 g/mol. The van der Waals surface area contributed by atoms with Crippen LogP contribution in [-0.2, 0) is 22.7 Å². The molecule has 0 spiro atoms. The standard InChI is InChI=1S/C16H24O.C15H23NO/c1-3-10-16(4-2)11-15(12-16)17-13-14-8-6-5-7-9-14;1-2-8-15(12-16)9-14(10-15)17-11-13-6-4-3-5-7-13/h5-9,15H,3-4,10-13H2,1-2H3;3-7,14H,2,8-12,16H2,1H3. The van der Waals surface area contributed by atoms with Crippen molar-refractivity contribution in [3.63, 3.8) is 0 Å². The molecule has 0 radical (unpaired) electrons. The van der Waals surface area contributed by atoms with Gasteiger partial charge in [0, 0.05) is 0 Å². The Kier molecular flexibility index (Phi) is 10.6. The van der Waals surface area contributed by atoms with Gasteiger partial charge in [-0.2, -0.15) is 0 Å². The quantitative estimate of drug-likeness (QED) is 0.350. The van der Waals surface area contributed by atoms with Gasteiger partial charge in [-0.25, -0.2) is 0 Å². The third-order valence-corrected chi connectivity index (χ3v) is 8.04. The Labute approximate surface area is 208 Å². The Morgan fingerprint density at radius 3 is 1.47 bits per heavy atom. The van der Waals surface area contributed by atoms with Gasteiger partial charge in [0.25, 0.3) is 0 Å². The van der Waals surface area contributed by atoms with Crippen molar-refractivity contribution in [3.8, 4) is 0 Å². The molecule has 3 heteroatoms. The first-order valence-electron chi connectivity index (χ1n) is 13.6. The average Bonchev–Trinajstić information content (AvgIpc) is 2.83. The van der Waals surface area contributed by atoms with E-state index in [0.29, 0.717) is 23.0 Å². The summed E-state index contributed by atoms with van der Waals surface area (Å²) < 4.78 is 11.9. The van der Waals surface area contributed by atoms with Crippen molar-refractivity contribution in [3.05, 3.63) is 71.8 Å². The highest BCUT2D eigenvalue weighted by Crippen LogP contribution is 2.49. The van der Waals surface area contributed by atoms with Crippen molar-refractivity contribution in [2.45, 2.75) is 104 Å². The van der Waals surface area contributed by atoms with E-state index < -0.39 is 0 Å². The molecule has 2 aliphatic rings. The fourth-order valence-corrected chi connectivity index (χ4v) is 5.83. The Hall–Kier alpha value is -1.68. The largest absolute Gasteiger partial charge is 0.374 e. The molecule has 0 aromatic heterocycles. The molecular formula is C31H47NO2. The molecule has 3 nitrogen and oxygen atoms in total. The SMILES string of the molecule is CCCC1(CC)CC(OCc2ccccc2)C1.CCCC1(CN)CC(OCc2ccccc2)C1. The Morgan fingerprint density at radius 1 is 0.676 bits per heavy atom. The highest BCUT2D eigenvalue weighted by atomic mass is 16.5. The Morgan fingerprint density at radius 2 is 1.09 bits per heavy atom. The summed E-state index contributed by atoms with van der Waals surface area (Å²) in [5.74, 6) is 0. The van der Waals surface area contributed by atoms with E-state index in [0.717, 1.165) is 32.6 Å². The van der Waals surface area contributed by atoms with E-state index in [2.05, 4.69) is 75.4 Å². The number of benzene rings is 2. The molecule has 2 N–H and O–H groups in total. The molecule has 0 amide bonds. The van der Waals surface area contributed by atoms with E-state index in [-0.39, 0.29) is 0 Å². The summed E-state index contributed by atoms with van der Waals surface area (Å²) in [6.07, 6.45) is 12.2. The van der Waals surface area contributed by atoms with Gasteiger partial charge >= 0.3 is 0 Å². The predicted octanol–water partition coefficient (Wildman–Crippen LogP) is 7.67. The van der Waals surface area contributed by atoms with Crippen LogP contribution in [0.5, 0.6) is 0 Å². The summed E-state index contributed by atoms with van der Waals surface area (Å²) in [5, 5.41) is 0. The first-order chi connectivity index (χ1) is 16.6. The average molecular weight is 466 g/mol. The van der Waals surface area contributed by atoms with Crippen molar-refractivity contribution in [2.75, 3.05) is 6.54 Å². The number of hydrogen-bond acceptors (Lipinski definition) is 3. The number of ether oxygens (including phenoxy) is 2. The first kappa shape index (κ1) is 26.9. The fraction of sp³-hybridized carbons (Fsp3) is 0.613. The lowest BCUT2D eigenvalue weighted by Gasteiger charge is -2.47. The van der Waals surface area contributed by atoms with E-state index >= 15 is 0 Å². The van der Waals surface area contributed by atoms with Crippen LogP contribution in [-0.4, -0.2) is 18.8 Å². The van der Waals surface area contributed by atoms with Gasteiger partial charge in [0.1, 0.15) is 0 Å². The van der Waals surface area contributed by atoms with Crippen LogP contribution < -0.4 is 5.73 Å². The number of hydrogen-bond donors (Lipinski definition) is 1. The van der Waals surface area contributed by atoms with E-state index in [1.165, 1.54) is 56.1 Å². The lowest BCUT2D eigenvalue weighted by molar-refractivity contribution is -0.0939. The minimum atomic E-state index is 0.385. The predicted molar refractivity (Wildman–Crippen MR) is 143 cm³/mol. The van der Waals surface area contributed by atoms with Gasteiger partial charge in [0.2, 0.25) is 0 Å². The van der Waals surface area contributed by atoms with Gasteiger partial charge < -0.3 is 15.2 Å². The first-order valence-corrected chi connectivity index (χ1v) is 13.6. The summed E-state index contributed by atoms with van der Waals surface area (Å²) in [4.78, 5) is 0. The maximum atomic E-state index is 5.97. The van der Waals surface area contributed by atoms with Gasteiger partial charge in [-0.3, -0.25) is 0 Å². The third-order valence-electron chi connectivity index (χ3n) is 8.04. The van der Waals surface area contributed by atoms with Gasteiger partial charge in [-0.05, 0) is 67.0 Å². The zero-order chi connectivity index (χ0) is 24.3. The summed E-state index contributed by atoms with van der Waals surface area (Å²) >= 11 is 0. The topological polar surface area (TPSA) is 44.5 Å². The van der Waals surface area contributed by atoms with Crippen LogP contribution >= 0.6 is 0 Å². The zero-order valence-corrected chi connectivity index (χ0v) is 21.8. The molecule has 0 aliphatic heterocycles. The molecule has 188 valence electrons. The molecule has 34 heavy (non-hydrogen) atoms. The van der Waals surface area contributed by atoms with Crippen molar-refractivity contribution in [1.29, 1.82) is 0 Å². The van der Waals surface area contributed by atoms with E-state index in [4.69, 9.17) is 15.2 Å². The summed E-state index contributed by atoms with van der Waals surface area (Å²) in [5.41, 5.74) is 9.41. The molecule has 2 fully saturated rings. The second kappa shape index (κ2) is 13.4. The Bertz CT molecular complexity index is 725.